The van der Waals surface area contributed by atoms with Gasteiger partial charge in [-0.1, -0.05) is 13.8 Å². The zero-order valence-electron chi connectivity index (χ0n) is 10.8. The molecule has 5 nitrogen and oxygen atoms in total. The lowest BCUT2D eigenvalue weighted by Crippen LogP contribution is -2.21. The predicted octanol–water partition coefficient (Wildman–Crippen LogP) is 1.58. The van der Waals surface area contributed by atoms with E-state index >= 15 is 0 Å². The number of rotatable bonds is 3. The van der Waals surface area contributed by atoms with E-state index in [1.165, 1.54) is 0 Å². The first-order valence-electron chi connectivity index (χ1n) is 6.23. The second-order valence-electron chi connectivity index (χ2n) is 4.86. The molecule has 2 unspecified atom stereocenters. The van der Waals surface area contributed by atoms with Crippen LogP contribution in [0.25, 0.3) is 0 Å². The van der Waals surface area contributed by atoms with Gasteiger partial charge in [0, 0.05) is 25.7 Å². The summed E-state index contributed by atoms with van der Waals surface area (Å²) in [4.78, 5) is 10.8. The lowest BCUT2D eigenvalue weighted by molar-refractivity contribution is 0.494. The van der Waals surface area contributed by atoms with Gasteiger partial charge in [-0.05, 0) is 18.8 Å². The van der Waals surface area contributed by atoms with E-state index in [1.807, 2.05) is 13.0 Å². The Hall–Kier alpha value is -1.52. The van der Waals surface area contributed by atoms with Gasteiger partial charge in [-0.15, -0.1) is 0 Å². The third kappa shape index (κ3) is 2.60. The Bertz CT molecular complexity index is 382. The summed E-state index contributed by atoms with van der Waals surface area (Å²) in [6.07, 6.45) is 0. The quantitative estimate of drug-likeness (QED) is 0.832. The molecule has 17 heavy (non-hydrogen) atoms. The first-order valence-corrected chi connectivity index (χ1v) is 6.23. The highest BCUT2D eigenvalue weighted by Gasteiger charge is 2.27. The maximum absolute atomic E-state index is 5.74. The summed E-state index contributed by atoms with van der Waals surface area (Å²) < 4.78 is 0. The Balaban J connectivity index is 2.20. The second kappa shape index (κ2) is 4.77. The number of nitrogens with two attached hydrogens (primary N) is 1. The Morgan fingerprint density at radius 3 is 2.59 bits per heavy atom. The number of hydrogen-bond donors (Lipinski definition) is 2. The molecule has 0 spiro atoms. The van der Waals surface area contributed by atoms with Gasteiger partial charge in [0.2, 0.25) is 5.95 Å². The van der Waals surface area contributed by atoms with Crippen LogP contribution in [0.2, 0.25) is 0 Å². The van der Waals surface area contributed by atoms with E-state index in [-0.39, 0.29) is 0 Å². The lowest BCUT2D eigenvalue weighted by Gasteiger charge is -2.18. The van der Waals surface area contributed by atoms with Crippen molar-refractivity contribution in [1.29, 1.82) is 0 Å². The lowest BCUT2D eigenvalue weighted by atomic mass is 10.0. The van der Waals surface area contributed by atoms with Crippen LogP contribution in [0, 0.1) is 11.8 Å². The summed E-state index contributed by atoms with van der Waals surface area (Å²) in [5.41, 5.74) is 5.74. The maximum atomic E-state index is 5.74. The molecule has 3 N–H and O–H groups in total. The second-order valence-corrected chi connectivity index (χ2v) is 4.86. The summed E-state index contributed by atoms with van der Waals surface area (Å²) in [5, 5.41) is 3.18. The Morgan fingerprint density at radius 2 is 2.00 bits per heavy atom. The number of hydrogen-bond acceptors (Lipinski definition) is 5. The molecular formula is C12H21N5. The van der Waals surface area contributed by atoms with E-state index in [4.69, 9.17) is 5.73 Å². The Morgan fingerprint density at radius 1 is 1.35 bits per heavy atom. The monoisotopic (exact) mass is 235 g/mol. The molecule has 0 radical (unpaired) electrons. The minimum atomic E-state index is 0.339. The summed E-state index contributed by atoms with van der Waals surface area (Å²) in [6, 6.07) is 1.98. The van der Waals surface area contributed by atoms with Gasteiger partial charge in [0.25, 0.3) is 0 Å². The number of nitrogens with one attached hydrogen (secondary N) is 1. The van der Waals surface area contributed by atoms with Gasteiger partial charge in [-0.2, -0.15) is 9.97 Å². The number of nitrogens with zero attached hydrogens (tertiary/aromatic N) is 3. The SMILES string of the molecule is CCNc1cc(N2CC(C)C(C)C2)nc(N)n1. The van der Waals surface area contributed by atoms with Crippen molar-refractivity contribution in [2.45, 2.75) is 20.8 Å². The van der Waals surface area contributed by atoms with Crippen LogP contribution in [-0.4, -0.2) is 29.6 Å². The van der Waals surface area contributed by atoms with Crippen LogP contribution < -0.4 is 16.0 Å². The molecule has 2 heterocycles. The summed E-state index contributed by atoms with van der Waals surface area (Å²) in [6.45, 7) is 9.52. The van der Waals surface area contributed by atoms with Gasteiger partial charge in [-0.3, -0.25) is 0 Å². The van der Waals surface area contributed by atoms with E-state index in [1.54, 1.807) is 0 Å². The number of nitrogen functional groups attached to an aromatic ring is 1. The van der Waals surface area contributed by atoms with Gasteiger partial charge >= 0.3 is 0 Å². The molecule has 1 aliphatic heterocycles. The first kappa shape index (κ1) is 12.0. The van der Waals surface area contributed by atoms with Gasteiger partial charge in [0.15, 0.2) is 0 Å². The van der Waals surface area contributed by atoms with Crippen molar-refractivity contribution in [3.63, 3.8) is 0 Å². The van der Waals surface area contributed by atoms with Crippen LogP contribution in [-0.2, 0) is 0 Å². The topological polar surface area (TPSA) is 67.1 Å². The number of aromatic nitrogens is 2. The van der Waals surface area contributed by atoms with E-state index < -0.39 is 0 Å². The molecule has 1 saturated heterocycles. The van der Waals surface area contributed by atoms with Crippen molar-refractivity contribution >= 4 is 17.6 Å². The zero-order chi connectivity index (χ0) is 12.4. The van der Waals surface area contributed by atoms with Crippen LogP contribution in [0.3, 0.4) is 0 Å². The van der Waals surface area contributed by atoms with Crippen LogP contribution in [0.15, 0.2) is 6.07 Å². The van der Waals surface area contributed by atoms with E-state index in [9.17, 15) is 0 Å². The molecular weight excluding hydrogens is 214 g/mol. The highest BCUT2D eigenvalue weighted by Crippen LogP contribution is 2.27. The van der Waals surface area contributed by atoms with E-state index in [0.29, 0.717) is 17.8 Å². The fourth-order valence-electron chi connectivity index (χ4n) is 2.20. The Labute approximate surface area is 102 Å². The molecule has 5 heteroatoms. The predicted molar refractivity (Wildman–Crippen MR) is 71.1 cm³/mol. The smallest absolute Gasteiger partial charge is 0.223 e. The average molecular weight is 235 g/mol. The summed E-state index contributed by atoms with van der Waals surface area (Å²) in [7, 11) is 0. The zero-order valence-corrected chi connectivity index (χ0v) is 10.8. The van der Waals surface area contributed by atoms with E-state index in [2.05, 4.69) is 34.0 Å². The van der Waals surface area contributed by atoms with Crippen molar-refractivity contribution in [2.75, 3.05) is 35.6 Å². The molecule has 94 valence electrons. The fourth-order valence-corrected chi connectivity index (χ4v) is 2.20. The van der Waals surface area contributed by atoms with Crippen molar-refractivity contribution in [2.24, 2.45) is 11.8 Å². The molecule has 0 saturated carbocycles. The van der Waals surface area contributed by atoms with Crippen molar-refractivity contribution in [3.05, 3.63) is 6.07 Å². The highest BCUT2D eigenvalue weighted by molar-refractivity contribution is 5.53. The van der Waals surface area contributed by atoms with Gasteiger partial charge < -0.3 is 16.0 Å². The molecule has 0 bridgehead atoms. The molecule has 1 aliphatic rings. The standard InChI is InChI=1S/C12H21N5/c1-4-14-10-5-11(16-12(13)15-10)17-6-8(2)9(3)7-17/h5,8-9H,4,6-7H2,1-3H3,(H3,13,14,15,16). The van der Waals surface area contributed by atoms with Crippen LogP contribution in [0.5, 0.6) is 0 Å². The third-order valence-corrected chi connectivity index (χ3v) is 3.40. The van der Waals surface area contributed by atoms with Gasteiger partial charge in [-0.25, -0.2) is 0 Å². The Kier molecular flexibility index (Phi) is 3.36. The molecule has 0 amide bonds. The molecule has 1 aromatic rings. The molecule has 1 fully saturated rings. The van der Waals surface area contributed by atoms with Crippen molar-refractivity contribution in [3.8, 4) is 0 Å². The van der Waals surface area contributed by atoms with Crippen LogP contribution in [0.1, 0.15) is 20.8 Å². The van der Waals surface area contributed by atoms with Crippen LogP contribution in [0.4, 0.5) is 17.6 Å². The molecule has 0 aliphatic carbocycles. The number of anilines is 3. The molecule has 2 rings (SSSR count). The third-order valence-electron chi connectivity index (χ3n) is 3.40. The fraction of sp³-hybridized carbons (Fsp3) is 0.667. The summed E-state index contributed by atoms with van der Waals surface area (Å²) in [5.74, 6) is 3.49. The van der Waals surface area contributed by atoms with E-state index in [0.717, 1.165) is 31.3 Å². The first-order chi connectivity index (χ1) is 8.10. The van der Waals surface area contributed by atoms with Crippen LogP contribution >= 0.6 is 0 Å². The molecule has 2 atom stereocenters. The van der Waals surface area contributed by atoms with Gasteiger partial charge in [0.05, 0.1) is 0 Å². The maximum Gasteiger partial charge on any atom is 0.223 e. The van der Waals surface area contributed by atoms with Crippen molar-refractivity contribution < 1.29 is 0 Å². The highest BCUT2D eigenvalue weighted by atomic mass is 15.2. The minimum absolute atomic E-state index is 0.339. The average Bonchev–Trinajstić information content (AvgIpc) is 2.59. The summed E-state index contributed by atoms with van der Waals surface area (Å²) >= 11 is 0. The largest absolute Gasteiger partial charge is 0.370 e. The normalized spacial score (nSPS) is 24.1. The minimum Gasteiger partial charge on any atom is -0.370 e. The van der Waals surface area contributed by atoms with Gasteiger partial charge in [0.1, 0.15) is 11.6 Å². The molecule has 0 aromatic carbocycles. The molecule has 1 aromatic heterocycles. The van der Waals surface area contributed by atoms with Crippen molar-refractivity contribution in [1.82, 2.24) is 9.97 Å².